The van der Waals surface area contributed by atoms with Crippen LogP contribution in [0.2, 0.25) is 0 Å². The van der Waals surface area contributed by atoms with Crippen LogP contribution in [0, 0.1) is 0 Å². The van der Waals surface area contributed by atoms with Gasteiger partial charge < -0.3 is 5.32 Å². The molecule has 21 heavy (non-hydrogen) atoms. The second-order valence-electron chi connectivity index (χ2n) is 6.20. The van der Waals surface area contributed by atoms with Gasteiger partial charge in [-0.1, -0.05) is 61.9 Å². The lowest BCUT2D eigenvalue weighted by atomic mass is 9.99. The second kappa shape index (κ2) is 7.42. The van der Waals surface area contributed by atoms with Crippen LogP contribution in [0.4, 0.5) is 0 Å². The highest BCUT2D eigenvalue weighted by molar-refractivity contribution is 5.40. The third kappa shape index (κ3) is 4.44. The van der Waals surface area contributed by atoms with Crippen molar-refractivity contribution in [1.82, 2.24) is 5.32 Å². The molecule has 1 aromatic rings. The van der Waals surface area contributed by atoms with Crippen molar-refractivity contribution in [2.24, 2.45) is 0 Å². The molecule has 0 aliphatic carbocycles. The zero-order chi connectivity index (χ0) is 15.2. The van der Waals surface area contributed by atoms with Crippen LogP contribution in [-0.2, 0) is 6.42 Å². The van der Waals surface area contributed by atoms with E-state index < -0.39 is 0 Å². The Balaban J connectivity index is 2.02. The second-order valence-corrected chi connectivity index (χ2v) is 6.20. The Bertz CT molecular complexity index is 556. The molecule has 0 radical (unpaired) electrons. The predicted molar refractivity (Wildman–Crippen MR) is 92.7 cm³/mol. The van der Waals surface area contributed by atoms with E-state index in [9.17, 15) is 0 Å². The van der Waals surface area contributed by atoms with Crippen molar-refractivity contribution >= 4 is 0 Å². The van der Waals surface area contributed by atoms with Gasteiger partial charge in [0.2, 0.25) is 0 Å². The SMILES string of the molecule is C/C=C1/CNC/C1=C/C=C(\C)Cc1ccc(C(C)C)cc1. The molecule has 0 saturated carbocycles. The topological polar surface area (TPSA) is 12.0 Å². The number of hydrogen-bond acceptors (Lipinski definition) is 1. The van der Waals surface area contributed by atoms with Gasteiger partial charge in [0.05, 0.1) is 0 Å². The highest BCUT2D eigenvalue weighted by Crippen LogP contribution is 2.18. The minimum absolute atomic E-state index is 0.606. The molecule has 0 aromatic heterocycles. The molecule has 0 amide bonds. The van der Waals surface area contributed by atoms with E-state index in [4.69, 9.17) is 0 Å². The molecule has 112 valence electrons. The monoisotopic (exact) mass is 281 g/mol. The van der Waals surface area contributed by atoms with E-state index in [1.165, 1.54) is 27.8 Å². The first-order valence-corrected chi connectivity index (χ1v) is 7.91. The summed E-state index contributed by atoms with van der Waals surface area (Å²) in [7, 11) is 0. The smallest absolute Gasteiger partial charge is 0.0211 e. The van der Waals surface area contributed by atoms with E-state index in [2.05, 4.69) is 75.5 Å². The summed E-state index contributed by atoms with van der Waals surface area (Å²) in [6.07, 6.45) is 7.77. The van der Waals surface area contributed by atoms with Crippen LogP contribution < -0.4 is 5.32 Å². The number of hydrogen-bond donors (Lipinski definition) is 1. The van der Waals surface area contributed by atoms with Crippen molar-refractivity contribution in [3.63, 3.8) is 0 Å². The molecule has 1 heterocycles. The van der Waals surface area contributed by atoms with Crippen LogP contribution in [0.15, 0.2) is 59.2 Å². The molecule has 0 spiro atoms. The summed E-state index contributed by atoms with van der Waals surface area (Å²) in [5, 5.41) is 3.40. The summed E-state index contributed by atoms with van der Waals surface area (Å²) in [5.74, 6) is 0.606. The van der Waals surface area contributed by atoms with Gasteiger partial charge in [-0.15, -0.1) is 0 Å². The fourth-order valence-corrected chi connectivity index (χ4v) is 2.66. The van der Waals surface area contributed by atoms with Crippen LogP contribution in [0.1, 0.15) is 44.7 Å². The van der Waals surface area contributed by atoms with Crippen LogP contribution in [0.25, 0.3) is 0 Å². The zero-order valence-corrected chi connectivity index (χ0v) is 13.7. The van der Waals surface area contributed by atoms with Gasteiger partial charge in [0.1, 0.15) is 0 Å². The Morgan fingerprint density at radius 3 is 2.43 bits per heavy atom. The molecule has 1 N–H and O–H groups in total. The normalized spacial score (nSPS) is 20.0. The summed E-state index contributed by atoms with van der Waals surface area (Å²) in [4.78, 5) is 0. The van der Waals surface area contributed by atoms with Crippen molar-refractivity contribution in [1.29, 1.82) is 0 Å². The molecular weight excluding hydrogens is 254 g/mol. The Hall–Kier alpha value is -1.60. The average Bonchev–Trinajstić information content (AvgIpc) is 2.93. The van der Waals surface area contributed by atoms with Crippen molar-refractivity contribution in [3.05, 3.63) is 70.3 Å². The minimum Gasteiger partial charge on any atom is -0.309 e. The number of nitrogens with one attached hydrogen (secondary N) is 1. The van der Waals surface area contributed by atoms with Crippen molar-refractivity contribution < 1.29 is 0 Å². The lowest BCUT2D eigenvalue weighted by Gasteiger charge is -2.07. The molecule has 1 heteroatoms. The van der Waals surface area contributed by atoms with E-state index in [-0.39, 0.29) is 0 Å². The Morgan fingerprint density at radius 2 is 1.81 bits per heavy atom. The fourth-order valence-electron chi connectivity index (χ4n) is 2.66. The Labute approximate surface area is 129 Å². The molecule has 0 bridgehead atoms. The first-order chi connectivity index (χ1) is 10.1. The molecule has 0 atom stereocenters. The lowest BCUT2D eigenvalue weighted by Crippen LogP contribution is -2.04. The molecule has 1 nitrogen and oxygen atoms in total. The van der Waals surface area contributed by atoms with Gasteiger partial charge in [0.25, 0.3) is 0 Å². The van der Waals surface area contributed by atoms with E-state index >= 15 is 0 Å². The van der Waals surface area contributed by atoms with Crippen LogP contribution in [0.5, 0.6) is 0 Å². The molecule has 1 fully saturated rings. The Morgan fingerprint density at radius 1 is 1.14 bits per heavy atom. The fraction of sp³-hybridized carbons (Fsp3) is 0.400. The predicted octanol–water partition coefficient (Wildman–Crippen LogP) is 4.77. The average molecular weight is 281 g/mol. The maximum Gasteiger partial charge on any atom is 0.0211 e. The maximum absolute atomic E-state index is 3.40. The standard InChI is InChI=1S/C20H27N/c1-5-18-13-21-14-20(18)9-6-16(4)12-17-7-10-19(11-8-17)15(2)3/h5-11,15,21H,12-14H2,1-4H3/b16-6+,18-5-,20-9-. The van der Waals surface area contributed by atoms with E-state index in [0.717, 1.165) is 19.5 Å². The lowest BCUT2D eigenvalue weighted by molar-refractivity contribution is 0.865. The molecule has 1 saturated heterocycles. The van der Waals surface area contributed by atoms with Crippen molar-refractivity contribution in [2.45, 2.75) is 40.0 Å². The molecule has 1 aliphatic heterocycles. The van der Waals surface area contributed by atoms with E-state index in [0.29, 0.717) is 5.92 Å². The third-order valence-corrected chi connectivity index (χ3v) is 4.09. The van der Waals surface area contributed by atoms with Gasteiger partial charge in [-0.2, -0.15) is 0 Å². The van der Waals surface area contributed by atoms with Gasteiger partial charge in [-0.3, -0.25) is 0 Å². The van der Waals surface area contributed by atoms with Crippen LogP contribution in [0.3, 0.4) is 0 Å². The minimum atomic E-state index is 0.606. The summed E-state index contributed by atoms with van der Waals surface area (Å²) in [6.45, 7) is 10.8. The number of rotatable bonds is 4. The largest absolute Gasteiger partial charge is 0.309 e. The van der Waals surface area contributed by atoms with Crippen molar-refractivity contribution in [2.75, 3.05) is 13.1 Å². The quantitative estimate of drug-likeness (QED) is 0.838. The summed E-state index contributed by atoms with van der Waals surface area (Å²) in [5.41, 5.74) is 7.06. The molecular formula is C20H27N. The summed E-state index contributed by atoms with van der Waals surface area (Å²) >= 11 is 0. The highest BCUT2D eigenvalue weighted by Gasteiger charge is 2.10. The third-order valence-electron chi connectivity index (χ3n) is 4.09. The van der Waals surface area contributed by atoms with E-state index in [1.807, 2.05) is 0 Å². The highest BCUT2D eigenvalue weighted by atomic mass is 14.9. The van der Waals surface area contributed by atoms with E-state index in [1.54, 1.807) is 0 Å². The number of allylic oxidation sites excluding steroid dienone is 4. The van der Waals surface area contributed by atoms with Gasteiger partial charge in [-0.25, -0.2) is 0 Å². The first-order valence-electron chi connectivity index (χ1n) is 7.91. The van der Waals surface area contributed by atoms with Crippen LogP contribution >= 0.6 is 0 Å². The number of benzene rings is 1. The van der Waals surface area contributed by atoms with Gasteiger partial charge in [0, 0.05) is 13.1 Å². The van der Waals surface area contributed by atoms with Gasteiger partial charge >= 0.3 is 0 Å². The Kier molecular flexibility index (Phi) is 5.58. The van der Waals surface area contributed by atoms with Gasteiger partial charge in [0.15, 0.2) is 0 Å². The van der Waals surface area contributed by atoms with Crippen molar-refractivity contribution in [3.8, 4) is 0 Å². The summed E-state index contributed by atoms with van der Waals surface area (Å²) in [6, 6.07) is 9.03. The maximum atomic E-state index is 3.40. The molecule has 2 rings (SSSR count). The first kappa shape index (κ1) is 15.8. The molecule has 1 aliphatic rings. The summed E-state index contributed by atoms with van der Waals surface area (Å²) < 4.78 is 0. The molecule has 1 aromatic carbocycles. The molecule has 0 unspecified atom stereocenters. The van der Waals surface area contributed by atoms with Gasteiger partial charge in [-0.05, 0) is 48.5 Å². The van der Waals surface area contributed by atoms with Crippen LogP contribution in [-0.4, -0.2) is 13.1 Å². The zero-order valence-electron chi connectivity index (χ0n) is 13.7.